The van der Waals surface area contributed by atoms with Crippen LogP contribution >= 0.6 is 0 Å². The number of aromatic nitrogens is 3. The van der Waals surface area contributed by atoms with Gasteiger partial charge in [0.1, 0.15) is 0 Å². The first kappa shape index (κ1) is 17.0. The van der Waals surface area contributed by atoms with Crippen molar-refractivity contribution in [2.24, 2.45) is 0 Å². The average Bonchev–Trinajstić information content (AvgIpc) is 3.07. The summed E-state index contributed by atoms with van der Waals surface area (Å²) < 4.78 is 39.5. The van der Waals surface area contributed by atoms with E-state index in [0.717, 1.165) is 51.4 Å². The molecule has 0 aliphatic carbocycles. The molecule has 1 saturated heterocycles. The molecule has 7 heteroatoms. The van der Waals surface area contributed by atoms with Crippen molar-refractivity contribution in [3.8, 4) is 0 Å². The van der Waals surface area contributed by atoms with E-state index in [-0.39, 0.29) is 6.04 Å². The van der Waals surface area contributed by atoms with Crippen LogP contribution in [-0.2, 0) is 12.6 Å². The molecule has 2 aromatic heterocycles. The molecule has 0 unspecified atom stereocenters. The topological polar surface area (TPSA) is 34.0 Å². The highest BCUT2D eigenvalue weighted by Gasteiger charge is 2.34. The zero-order valence-electron chi connectivity index (χ0n) is 13.4. The number of likely N-dealkylation sites (tertiary alicyclic amines) is 1. The van der Waals surface area contributed by atoms with E-state index in [9.17, 15) is 13.2 Å². The first-order valence-electron chi connectivity index (χ1n) is 8.26. The minimum Gasteiger partial charge on any atom is -0.301 e. The third-order valence-electron chi connectivity index (χ3n) is 4.44. The predicted molar refractivity (Wildman–Crippen MR) is 84.5 cm³/mol. The Labute approximate surface area is 139 Å². The molecule has 0 aromatic carbocycles. The Balaban J connectivity index is 1.52. The van der Waals surface area contributed by atoms with E-state index in [4.69, 9.17) is 0 Å². The monoisotopic (exact) mass is 338 g/mol. The van der Waals surface area contributed by atoms with Gasteiger partial charge in [0.25, 0.3) is 0 Å². The van der Waals surface area contributed by atoms with Crippen molar-refractivity contribution in [2.45, 2.75) is 37.9 Å². The van der Waals surface area contributed by atoms with Gasteiger partial charge in [-0.25, -0.2) is 0 Å². The highest BCUT2D eigenvalue weighted by molar-refractivity contribution is 5.09. The van der Waals surface area contributed by atoms with Gasteiger partial charge < -0.3 is 4.90 Å². The molecule has 0 spiro atoms. The molecule has 130 valence electrons. The van der Waals surface area contributed by atoms with Crippen LogP contribution in [0.2, 0.25) is 0 Å². The zero-order chi connectivity index (χ0) is 17.0. The normalized spacial score (nSPS) is 19.5. The molecule has 4 nitrogen and oxygen atoms in total. The van der Waals surface area contributed by atoms with Gasteiger partial charge in [0.15, 0.2) is 5.69 Å². The summed E-state index contributed by atoms with van der Waals surface area (Å²) in [6.45, 7) is 2.71. The van der Waals surface area contributed by atoms with E-state index >= 15 is 0 Å². The lowest BCUT2D eigenvalue weighted by Gasteiger charge is -2.32. The number of rotatable bonds is 5. The Morgan fingerprint density at radius 2 is 1.96 bits per heavy atom. The molecule has 1 atom stereocenters. The second-order valence-corrected chi connectivity index (χ2v) is 6.23. The maximum absolute atomic E-state index is 12.7. The number of halogens is 3. The molecule has 3 rings (SSSR count). The lowest BCUT2D eigenvalue weighted by Crippen LogP contribution is -2.37. The molecule has 3 heterocycles. The van der Waals surface area contributed by atoms with Crippen molar-refractivity contribution in [3.63, 3.8) is 0 Å². The fraction of sp³-hybridized carbons (Fsp3) is 0.529. The van der Waals surface area contributed by atoms with Crippen LogP contribution in [0.3, 0.4) is 0 Å². The van der Waals surface area contributed by atoms with Gasteiger partial charge in [0.2, 0.25) is 0 Å². The van der Waals surface area contributed by atoms with Crippen LogP contribution in [0, 0.1) is 0 Å². The molecular formula is C17H21F3N4. The molecule has 1 aliphatic heterocycles. The van der Waals surface area contributed by atoms with E-state index in [0.29, 0.717) is 0 Å². The van der Waals surface area contributed by atoms with Crippen molar-refractivity contribution in [1.29, 1.82) is 0 Å². The largest absolute Gasteiger partial charge is 0.435 e. The first-order chi connectivity index (χ1) is 11.5. The van der Waals surface area contributed by atoms with Gasteiger partial charge in [0, 0.05) is 25.1 Å². The van der Waals surface area contributed by atoms with Crippen LogP contribution < -0.4 is 0 Å². The van der Waals surface area contributed by atoms with Crippen LogP contribution in [0.5, 0.6) is 0 Å². The Bertz CT molecular complexity index is 639. The Morgan fingerprint density at radius 3 is 2.67 bits per heavy atom. The second kappa shape index (κ2) is 7.34. The van der Waals surface area contributed by atoms with Crippen LogP contribution in [0.1, 0.15) is 36.6 Å². The molecule has 0 saturated carbocycles. The van der Waals surface area contributed by atoms with E-state index in [2.05, 4.69) is 15.0 Å². The third-order valence-corrected chi connectivity index (χ3v) is 4.44. The molecule has 1 fully saturated rings. The predicted octanol–water partition coefficient (Wildman–Crippen LogP) is 3.57. The molecular weight excluding hydrogens is 317 g/mol. The van der Waals surface area contributed by atoms with Gasteiger partial charge in [-0.15, -0.1) is 0 Å². The van der Waals surface area contributed by atoms with Crippen molar-refractivity contribution < 1.29 is 13.2 Å². The van der Waals surface area contributed by atoms with Crippen molar-refractivity contribution in [2.75, 3.05) is 19.6 Å². The minimum absolute atomic E-state index is 0.0239. The summed E-state index contributed by atoms with van der Waals surface area (Å²) in [7, 11) is 0. The number of nitrogens with zero attached hydrogens (tertiary/aromatic N) is 4. The highest BCUT2D eigenvalue weighted by Crippen LogP contribution is 2.29. The Morgan fingerprint density at radius 1 is 1.17 bits per heavy atom. The highest BCUT2D eigenvalue weighted by atomic mass is 19.4. The molecule has 0 N–H and O–H groups in total. The zero-order valence-corrected chi connectivity index (χ0v) is 13.4. The Kier molecular flexibility index (Phi) is 5.18. The number of hydrogen-bond acceptors (Lipinski definition) is 3. The van der Waals surface area contributed by atoms with Gasteiger partial charge >= 0.3 is 6.18 Å². The SMILES string of the molecule is FC(F)(F)c1ccn([C@@H]2CCCN(CCCc3ccncc3)C2)n1. The fourth-order valence-corrected chi connectivity index (χ4v) is 3.20. The van der Waals surface area contributed by atoms with Gasteiger partial charge in [-0.05, 0) is 62.5 Å². The van der Waals surface area contributed by atoms with Crippen LogP contribution in [0.25, 0.3) is 0 Å². The van der Waals surface area contributed by atoms with Crippen molar-refractivity contribution in [1.82, 2.24) is 19.7 Å². The van der Waals surface area contributed by atoms with Crippen LogP contribution in [0.15, 0.2) is 36.8 Å². The van der Waals surface area contributed by atoms with Gasteiger partial charge in [-0.2, -0.15) is 18.3 Å². The molecule has 0 radical (unpaired) electrons. The summed E-state index contributed by atoms with van der Waals surface area (Å²) in [6.07, 6.45) is 4.55. The van der Waals surface area contributed by atoms with Crippen LogP contribution in [0.4, 0.5) is 13.2 Å². The van der Waals surface area contributed by atoms with Gasteiger partial charge in [-0.1, -0.05) is 0 Å². The lowest BCUT2D eigenvalue weighted by molar-refractivity contribution is -0.141. The number of hydrogen-bond donors (Lipinski definition) is 0. The Hall–Kier alpha value is -1.89. The number of alkyl halides is 3. The minimum atomic E-state index is -4.37. The van der Waals surface area contributed by atoms with E-state index in [1.165, 1.54) is 16.4 Å². The fourth-order valence-electron chi connectivity index (χ4n) is 3.20. The number of pyridine rings is 1. The van der Waals surface area contributed by atoms with Crippen LogP contribution in [-0.4, -0.2) is 39.3 Å². The maximum atomic E-state index is 12.7. The number of aryl methyl sites for hydroxylation is 1. The standard InChI is InChI=1S/C17H21F3N4/c18-17(19,20)16-7-12-24(22-16)15-4-2-11-23(13-15)10-1-3-14-5-8-21-9-6-14/h5-9,12,15H,1-4,10-11,13H2/t15-/m1/s1. The quantitative estimate of drug-likeness (QED) is 0.836. The molecule has 2 aromatic rings. The second-order valence-electron chi connectivity index (χ2n) is 6.23. The number of piperidine rings is 1. The smallest absolute Gasteiger partial charge is 0.301 e. The van der Waals surface area contributed by atoms with Crippen molar-refractivity contribution >= 4 is 0 Å². The molecule has 0 bridgehead atoms. The van der Waals surface area contributed by atoms with Gasteiger partial charge in [0.05, 0.1) is 6.04 Å². The van der Waals surface area contributed by atoms with Crippen molar-refractivity contribution in [3.05, 3.63) is 48.0 Å². The average molecular weight is 338 g/mol. The summed E-state index contributed by atoms with van der Waals surface area (Å²) >= 11 is 0. The summed E-state index contributed by atoms with van der Waals surface area (Å²) in [6, 6.07) is 5.11. The maximum Gasteiger partial charge on any atom is 0.435 e. The van der Waals surface area contributed by atoms with E-state index < -0.39 is 11.9 Å². The van der Waals surface area contributed by atoms with E-state index in [1.807, 2.05) is 12.1 Å². The third kappa shape index (κ3) is 4.35. The summed E-state index contributed by atoms with van der Waals surface area (Å²) in [5.74, 6) is 0. The van der Waals surface area contributed by atoms with Gasteiger partial charge in [-0.3, -0.25) is 9.67 Å². The summed E-state index contributed by atoms with van der Waals surface area (Å²) in [5, 5.41) is 3.73. The molecule has 1 aliphatic rings. The molecule has 24 heavy (non-hydrogen) atoms. The lowest BCUT2D eigenvalue weighted by atomic mass is 10.0. The molecule has 0 amide bonds. The summed E-state index contributed by atoms with van der Waals surface area (Å²) in [5.41, 5.74) is 0.456. The van der Waals surface area contributed by atoms with E-state index in [1.54, 1.807) is 12.4 Å². The first-order valence-corrected chi connectivity index (χ1v) is 8.26. The summed E-state index contributed by atoms with van der Waals surface area (Å²) in [4.78, 5) is 6.33.